The minimum Gasteiger partial charge on any atom is -0.399 e. The largest absolute Gasteiger partial charge is 0.416 e. The highest BCUT2D eigenvalue weighted by molar-refractivity contribution is 6.16. The van der Waals surface area contributed by atoms with Crippen molar-refractivity contribution in [2.45, 2.75) is 6.18 Å². The van der Waals surface area contributed by atoms with E-state index < -0.39 is 11.7 Å². The molecule has 0 unspecified atom stereocenters. The highest BCUT2D eigenvalue weighted by atomic mass is 19.4. The van der Waals surface area contributed by atoms with Gasteiger partial charge in [-0.1, -0.05) is 18.2 Å². The van der Waals surface area contributed by atoms with Crippen molar-refractivity contribution in [2.75, 3.05) is 5.73 Å². The molecule has 5 aromatic rings. The number of hydrogen-bond donors (Lipinski definition) is 1. The number of fused-ring (bicyclic) bond motifs is 4. The first kappa shape index (κ1) is 14.9. The second kappa shape index (κ2) is 4.63. The molecule has 0 aliphatic heterocycles. The molecule has 26 heavy (non-hydrogen) atoms. The summed E-state index contributed by atoms with van der Waals surface area (Å²) in [5.74, 6) is 0. The van der Waals surface area contributed by atoms with E-state index in [1.807, 2.05) is 12.1 Å². The van der Waals surface area contributed by atoms with Crippen LogP contribution in [0.25, 0.3) is 38.2 Å². The van der Waals surface area contributed by atoms with E-state index in [0.717, 1.165) is 17.5 Å². The van der Waals surface area contributed by atoms with Crippen LogP contribution < -0.4 is 11.3 Å². The molecular weight excluding hydrogens is 343 g/mol. The van der Waals surface area contributed by atoms with Crippen LogP contribution >= 0.6 is 0 Å². The molecule has 0 spiro atoms. The normalized spacial score (nSPS) is 12.7. The molecule has 0 aliphatic rings. The van der Waals surface area contributed by atoms with Crippen molar-refractivity contribution in [1.82, 2.24) is 9.38 Å². The molecule has 4 nitrogen and oxygen atoms in total. The number of hydrogen-bond acceptors (Lipinski definition) is 3. The Hall–Kier alpha value is -3.35. The van der Waals surface area contributed by atoms with Gasteiger partial charge in [-0.2, -0.15) is 13.2 Å². The number of nitrogen functional groups attached to an aromatic ring is 1. The Morgan fingerprint density at radius 1 is 1.00 bits per heavy atom. The molecular formula is C19H10F3N3O. The third kappa shape index (κ3) is 1.85. The number of aromatic nitrogens is 2. The fraction of sp³-hybridized carbons (Fsp3) is 0.0526. The average molecular weight is 353 g/mol. The van der Waals surface area contributed by atoms with Crippen LogP contribution in [0.4, 0.5) is 18.9 Å². The molecule has 0 bridgehead atoms. The van der Waals surface area contributed by atoms with Crippen LogP contribution in [-0.2, 0) is 6.18 Å². The standard InChI is InChI=1S/C19H10F3N3O/c20-19(21,22)10-4-5-15-14(7-10)24-17-12-3-1-2-9-6-11(23)8-13(16(9)12)18(26)25(15)17/h1-8H,23H2. The lowest BCUT2D eigenvalue weighted by Crippen LogP contribution is -2.13. The molecule has 0 atom stereocenters. The SMILES string of the molecule is Nc1cc2cccc3c2c(c1)c(=O)n1c2ccc(C(F)(F)F)cc2nc31. The minimum absolute atomic E-state index is 0.126. The van der Waals surface area contributed by atoms with Gasteiger partial charge in [0.1, 0.15) is 5.65 Å². The molecule has 0 fully saturated rings. The summed E-state index contributed by atoms with van der Waals surface area (Å²) >= 11 is 0. The molecule has 128 valence electrons. The predicted octanol–water partition coefficient (Wildman–Crippen LogP) is 4.19. The first-order valence-corrected chi connectivity index (χ1v) is 7.81. The first-order chi connectivity index (χ1) is 12.3. The number of imidazole rings is 1. The van der Waals surface area contributed by atoms with Gasteiger partial charge in [-0.3, -0.25) is 9.20 Å². The molecule has 0 amide bonds. The van der Waals surface area contributed by atoms with Gasteiger partial charge in [0.05, 0.1) is 22.0 Å². The predicted molar refractivity (Wildman–Crippen MR) is 94.6 cm³/mol. The topological polar surface area (TPSA) is 60.4 Å². The van der Waals surface area contributed by atoms with Crippen molar-refractivity contribution in [1.29, 1.82) is 0 Å². The summed E-state index contributed by atoms with van der Waals surface area (Å²) in [6.45, 7) is 0. The first-order valence-electron chi connectivity index (χ1n) is 7.81. The zero-order valence-corrected chi connectivity index (χ0v) is 13.1. The highest BCUT2D eigenvalue weighted by Gasteiger charge is 2.31. The van der Waals surface area contributed by atoms with Crippen molar-refractivity contribution >= 4 is 43.9 Å². The van der Waals surface area contributed by atoms with Gasteiger partial charge in [0.2, 0.25) is 0 Å². The Kier molecular flexibility index (Phi) is 2.66. The molecule has 0 aliphatic carbocycles. The fourth-order valence-electron chi connectivity index (χ4n) is 3.57. The molecule has 3 aromatic carbocycles. The van der Waals surface area contributed by atoms with E-state index in [2.05, 4.69) is 4.98 Å². The lowest BCUT2D eigenvalue weighted by molar-refractivity contribution is -0.137. The summed E-state index contributed by atoms with van der Waals surface area (Å²) in [4.78, 5) is 17.4. The van der Waals surface area contributed by atoms with Crippen LogP contribution in [0.3, 0.4) is 0 Å². The Morgan fingerprint density at radius 3 is 2.58 bits per heavy atom. The Labute approximate surface area is 143 Å². The lowest BCUT2D eigenvalue weighted by atomic mass is 10.0. The second-order valence-corrected chi connectivity index (χ2v) is 6.25. The maximum absolute atomic E-state index is 13.0. The number of nitrogens with zero attached hydrogens (tertiary/aromatic N) is 2. The Morgan fingerprint density at radius 2 is 1.81 bits per heavy atom. The number of halogens is 3. The van der Waals surface area contributed by atoms with Crippen LogP contribution in [-0.4, -0.2) is 9.38 Å². The lowest BCUT2D eigenvalue weighted by Gasteiger charge is -2.08. The molecule has 0 saturated carbocycles. The zero-order valence-electron chi connectivity index (χ0n) is 13.1. The van der Waals surface area contributed by atoms with Gasteiger partial charge in [-0.05, 0) is 35.7 Å². The van der Waals surface area contributed by atoms with Crippen molar-refractivity contribution < 1.29 is 13.2 Å². The monoisotopic (exact) mass is 353 g/mol. The van der Waals surface area contributed by atoms with Crippen molar-refractivity contribution in [3.63, 3.8) is 0 Å². The molecule has 2 aromatic heterocycles. The summed E-state index contributed by atoms with van der Waals surface area (Å²) in [6.07, 6.45) is -4.47. The van der Waals surface area contributed by atoms with Gasteiger partial charge in [-0.15, -0.1) is 0 Å². The number of anilines is 1. The molecule has 7 heteroatoms. The summed E-state index contributed by atoms with van der Waals surface area (Å²) in [6, 6.07) is 12.0. The van der Waals surface area contributed by atoms with Crippen LogP contribution in [0.2, 0.25) is 0 Å². The van der Waals surface area contributed by atoms with Gasteiger partial charge in [0, 0.05) is 16.5 Å². The summed E-state index contributed by atoms with van der Waals surface area (Å²) in [5, 5.41) is 2.62. The number of rotatable bonds is 0. The molecule has 0 saturated heterocycles. The number of benzene rings is 3. The molecule has 0 radical (unpaired) electrons. The van der Waals surface area contributed by atoms with Crippen LogP contribution in [0, 0.1) is 0 Å². The molecule has 2 N–H and O–H groups in total. The van der Waals surface area contributed by atoms with Crippen LogP contribution in [0.5, 0.6) is 0 Å². The van der Waals surface area contributed by atoms with Gasteiger partial charge < -0.3 is 5.73 Å². The van der Waals surface area contributed by atoms with Crippen molar-refractivity contribution in [3.05, 3.63) is 64.4 Å². The van der Waals surface area contributed by atoms with E-state index in [1.165, 1.54) is 10.5 Å². The fourth-order valence-corrected chi connectivity index (χ4v) is 3.57. The van der Waals surface area contributed by atoms with Crippen LogP contribution in [0.1, 0.15) is 5.56 Å². The summed E-state index contributed by atoms with van der Waals surface area (Å²) in [7, 11) is 0. The molecule has 2 heterocycles. The third-order valence-electron chi connectivity index (χ3n) is 4.66. The van der Waals surface area contributed by atoms with E-state index in [4.69, 9.17) is 5.73 Å². The van der Waals surface area contributed by atoms with Gasteiger partial charge in [0.25, 0.3) is 5.56 Å². The van der Waals surface area contributed by atoms with E-state index in [-0.39, 0.29) is 11.1 Å². The van der Waals surface area contributed by atoms with E-state index >= 15 is 0 Å². The van der Waals surface area contributed by atoms with Gasteiger partial charge in [-0.25, -0.2) is 4.98 Å². The summed E-state index contributed by atoms with van der Waals surface area (Å²) in [5.41, 5.74) is 6.01. The summed E-state index contributed by atoms with van der Waals surface area (Å²) < 4.78 is 40.4. The van der Waals surface area contributed by atoms with E-state index in [0.29, 0.717) is 33.0 Å². The van der Waals surface area contributed by atoms with Gasteiger partial charge in [0.15, 0.2) is 0 Å². The smallest absolute Gasteiger partial charge is 0.399 e. The quantitative estimate of drug-likeness (QED) is 0.425. The minimum atomic E-state index is -4.47. The maximum Gasteiger partial charge on any atom is 0.416 e. The highest BCUT2D eigenvalue weighted by Crippen LogP contribution is 2.34. The molecule has 5 rings (SSSR count). The van der Waals surface area contributed by atoms with E-state index in [9.17, 15) is 18.0 Å². The Bertz CT molecular complexity index is 1400. The number of nitrogens with two attached hydrogens (primary N) is 1. The maximum atomic E-state index is 13.0. The number of alkyl halides is 3. The average Bonchev–Trinajstić information content (AvgIpc) is 2.97. The Balaban J connectivity index is 2.05. The third-order valence-corrected chi connectivity index (χ3v) is 4.66. The zero-order chi connectivity index (χ0) is 18.2. The van der Waals surface area contributed by atoms with Crippen LogP contribution in [0.15, 0.2) is 53.3 Å². The number of pyridine rings is 1. The van der Waals surface area contributed by atoms with Crippen molar-refractivity contribution in [2.24, 2.45) is 0 Å². The van der Waals surface area contributed by atoms with E-state index in [1.54, 1.807) is 18.2 Å². The van der Waals surface area contributed by atoms with Gasteiger partial charge >= 0.3 is 6.18 Å². The second-order valence-electron chi connectivity index (χ2n) is 6.25. The van der Waals surface area contributed by atoms with Crippen molar-refractivity contribution in [3.8, 4) is 0 Å².